The van der Waals surface area contributed by atoms with E-state index in [1.807, 2.05) is 0 Å². The Kier molecular flexibility index (Phi) is 2.82. The van der Waals surface area contributed by atoms with Crippen LogP contribution in [0.3, 0.4) is 0 Å². The van der Waals surface area contributed by atoms with Gasteiger partial charge in [0.25, 0.3) is 0 Å². The molecule has 0 aliphatic heterocycles. The largest absolute Gasteiger partial charge is 0.487 e. The van der Waals surface area contributed by atoms with E-state index in [9.17, 15) is 10.1 Å². The monoisotopic (exact) mass is 117 g/mol. The molecule has 0 fully saturated rings. The second-order valence-corrected chi connectivity index (χ2v) is 1.04. The van der Waals surface area contributed by atoms with Crippen molar-refractivity contribution in [1.29, 1.82) is 0 Å². The molecule has 6 heteroatoms. The Balaban J connectivity index is 3.50. The first-order valence-electron chi connectivity index (χ1n) is 1.81. The number of nitro groups is 1. The average Bonchev–Trinajstić information content (AvgIpc) is 1.61. The zero-order valence-electron chi connectivity index (χ0n) is 3.89. The van der Waals surface area contributed by atoms with E-state index in [4.69, 9.17) is 10.0 Å². The van der Waals surface area contributed by atoms with Crippen molar-refractivity contribution in [2.45, 2.75) is 0 Å². The molecule has 0 atom stereocenters. The van der Waals surface area contributed by atoms with Gasteiger partial charge in [0.15, 0.2) is 0 Å². The molecule has 5 nitrogen and oxygen atoms in total. The standard InChI is InChI=1S/C2H4BNO4/c5-3(6)1-2-4(7)8/h1-2,5-6H. The van der Waals surface area contributed by atoms with Crippen LogP contribution in [0.5, 0.6) is 0 Å². The van der Waals surface area contributed by atoms with Crippen molar-refractivity contribution in [2.24, 2.45) is 0 Å². The third-order valence-corrected chi connectivity index (χ3v) is 0.380. The predicted molar refractivity (Wildman–Crippen MR) is 26.3 cm³/mol. The molecule has 0 bridgehead atoms. The summed E-state index contributed by atoms with van der Waals surface area (Å²) in [5, 5.41) is 25.3. The average molecular weight is 117 g/mol. The highest BCUT2D eigenvalue weighted by molar-refractivity contribution is 6.47. The normalized spacial score (nSPS) is 9.75. The fourth-order valence-corrected chi connectivity index (χ4v) is 0.147. The molecule has 0 amide bonds. The van der Waals surface area contributed by atoms with E-state index in [2.05, 4.69) is 0 Å². The van der Waals surface area contributed by atoms with Crippen LogP contribution in [0.1, 0.15) is 0 Å². The third kappa shape index (κ3) is 5.12. The van der Waals surface area contributed by atoms with Crippen molar-refractivity contribution in [1.82, 2.24) is 0 Å². The van der Waals surface area contributed by atoms with Crippen molar-refractivity contribution in [2.75, 3.05) is 0 Å². The van der Waals surface area contributed by atoms with Gasteiger partial charge >= 0.3 is 7.12 Å². The van der Waals surface area contributed by atoms with Crippen LogP contribution >= 0.6 is 0 Å². The molecule has 0 aromatic rings. The first-order chi connectivity index (χ1) is 3.63. The molecule has 0 rings (SSSR count). The van der Waals surface area contributed by atoms with Crippen LogP contribution in [-0.4, -0.2) is 22.1 Å². The number of hydrogen-bond acceptors (Lipinski definition) is 4. The molecule has 0 aromatic carbocycles. The summed E-state index contributed by atoms with van der Waals surface area (Å²) in [4.78, 5) is 8.62. The highest BCUT2D eigenvalue weighted by atomic mass is 16.6. The zero-order chi connectivity index (χ0) is 6.57. The minimum Gasteiger partial charge on any atom is -0.423 e. The van der Waals surface area contributed by atoms with E-state index in [-0.39, 0.29) is 0 Å². The van der Waals surface area contributed by atoms with Gasteiger partial charge in [-0.05, 0) is 0 Å². The number of hydrogen-bond donors (Lipinski definition) is 2. The third-order valence-electron chi connectivity index (χ3n) is 0.380. The highest BCUT2D eigenvalue weighted by Gasteiger charge is 2.00. The van der Waals surface area contributed by atoms with Crippen molar-refractivity contribution < 1.29 is 15.0 Å². The molecule has 44 valence electrons. The van der Waals surface area contributed by atoms with E-state index >= 15 is 0 Å². The molecule has 8 heavy (non-hydrogen) atoms. The lowest BCUT2D eigenvalue weighted by molar-refractivity contribution is -0.402. The highest BCUT2D eigenvalue weighted by Crippen LogP contribution is 1.73. The van der Waals surface area contributed by atoms with Crippen LogP contribution in [-0.2, 0) is 0 Å². The van der Waals surface area contributed by atoms with Crippen molar-refractivity contribution in [3.8, 4) is 0 Å². The van der Waals surface area contributed by atoms with E-state index < -0.39 is 12.0 Å². The summed E-state index contributed by atoms with van der Waals surface area (Å²) in [5.74, 6) is 0.653. The summed E-state index contributed by atoms with van der Waals surface area (Å²) in [5.41, 5.74) is 0. The quantitative estimate of drug-likeness (QED) is 0.270. The maximum Gasteiger partial charge on any atom is 0.487 e. The minimum absolute atomic E-state index is 0.463. The zero-order valence-corrected chi connectivity index (χ0v) is 3.89. The molecule has 2 N–H and O–H groups in total. The number of nitrogens with zero attached hydrogens (tertiary/aromatic N) is 1. The molecule has 0 saturated carbocycles. The topological polar surface area (TPSA) is 83.6 Å². The Bertz CT molecular complexity index is 111. The SMILES string of the molecule is O=[N+]([O-])C=CB(O)O. The predicted octanol–water partition coefficient (Wildman–Crippen LogP) is -1.21. The van der Waals surface area contributed by atoms with Gasteiger partial charge in [0.2, 0.25) is 6.20 Å². The van der Waals surface area contributed by atoms with E-state index in [0.29, 0.717) is 12.2 Å². The molecule has 0 aliphatic carbocycles. The van der Waals surface area contributed by atoms with Crippen LogP contribution in [0.4, 0.5) is 0 Å². The van der Waals surface area contributed by atoms with Crippen LogP contribution in [0.15, 0.2) is 12.2 Å². The van der Waals surface area contributed by atoms with Crippen molar-refractivity contribution in [3.63, 3.8) is 0 Å². The lowest BCUT2D eigenvalue weighted by Crippen LogP contribution is -2.06. The van der Waals surface area contributed by atoms with Gasteiger partial charge in [0.05, 0.1) is 4.92 Å². The maximum absolute atomic E-state index is 9.40. The van der Waals surface area contributed by atoms with Gasteiger partial charge < -0.3 is 10.0 Å². The maximum atomic E-state index is 9.40. The van der Waals surface area contributed by atoms with E-state index in [1.54, 1.807) is 0 Å². The van der Waals surface area contributed by atoms with Gasteiger partial charge in [-0.2, -0.15) is 0 Å². The van der Waals surface area contributed by atoms with Crippen molar-refractivity contribution >= 4 is 7.12 Å². The summed E-state index contributed by atoms with van der Waals surface area (Å²) in [6, 6.07) is 0. The molecule has 0 aliphatic rings. The Hall–Kier alpha value is -0.875. The summed E-state index contributed by atoms with van der Waals surface area (Å²) < 4.78 is 0. The summed E-state index contributed by atoms with van der Waals surface area (Å²) in [6.07, 6.45) is 0.463. The fourth-order valence-electron chi connectivity index (χ4n) is 0.147. The summed E-state index contributed by atoms with van der Waals surface area (Å²) in [7, 11) is -1.74. The van der Waals surface area contributed by atoms with Crippen LogP contribution in [0.2, 0.25) is 0 Å². The van der Waals surface area contributed by atoms with Gasteiger partial charge in [0, 0.05) is 5.98 Å². The van der Waals surface area contributed by atoms with Gasteiger partial charge in [0.1, 0.15) is 0 Å². The van der Waals surface area contributed by atoms with Crippen LogP contribution in [0, 0.1) is 10.1 Å². The Morgan fingerprint density at radius 3 is 2.25 bits per heavy atom. The molecule has 0 spiro atoms. The minimum atomic E-state index is -1.74. The van der Waals surface area contributed by atoms with Crippen molar-refractivity contribution in [3.05, 3.63) is 22.3 Å². The lowest BCUT2D eigenvalue weighted by atomic mass is 9.93. The van der Waals surface area contributed by atoms with Gasteiger partial charge in [-0.1, -0.05) is 0 Å². The molecule has 0 radical (unpaired) electrons. The Morgan fingerprint density at radius 2 is 2.12 bits per heavy atom. The van der Waals surface area contributed by atoms with Crippen LogP contribution < -0.4 is 0 Å². The van der Waals surface area contributed by atoms with Gasteiger partial charge in [-0.25, -0.2) is 0 Å². The smallest absolute Gasteiger partial charge is 0.423 e. The Morgan fingerprint density at radius 1 is 1.62 bits per heavy atom. The fraction of sp³-hybridized carbons (Fsp3) is 0. The molecule has 0 unspecified atom stereocenters. The molecule has 0 aromatic heterocycles. The van der Waals surface area contributed by atoms with Gasteiger partial charge in [-0.3, -0.25) is 10.1 Å². The summed E-state index contributed by atoms with van der Waals surface area (Å²) in [6.45, 7) is 0. The first-order valence-corrected chi connectivity index (χ1v) is 1.81. The number of rotatable bonds is 2. The molecular formula is C2H4BNO4. The Labute approximate surface area is 45.5 Å². The van der Waals surface area contributed by atoms with Crippen LogP contribution in [0.25, 0.3) is 0 Å². The lowest BCUT2D eigenvalue weighted by Gasteiger charge is -1.79. The molecular weight excluding hydrogens is 113 g/mol. The first kappa shape index (κ1) is 7.12. The van der Waals surface area contributed by atoms with Gasteiger partial charge in [-0.15, -0.1) is 0 Å². The molecule has 0 heterocycles. The summed E-state index contributed by atoms with van der Waals surface area (Å²) >= 11 is 0. The van der Waals surface area contributed by atoms with E-state index in [1.165, 1.54) is 0 Å². The van der Waals surface area contributed by atoms with E-state index in [0.717, 1.165) is 0 Å². The second-order valence-electron chi connectivity index (χ2n) is 1.04. The molecule has 0 saturated heterocycles. The second kappa shape index (κ2) is 3.17.